The van der Waals surface area contributed by atoms with Gasteiger partial charge in [0.05, 0.1) is 5.52 Å². The first-order valence-corrected chi connectivity index (χ1v) is 9.68. The van der Waals surface area contributed by atoms with Crippen molar-refractivity contribution in [1.29, 1.82) is 0 Å². The summed E-state index contributed by atoms with van der Waals surface area (Å²) in [4.78, 5) is 15.7. The number of hydrogen-bond donors (Lipinski definition) is 1. The van der Waals surface area contributed by atoms with Crippen LogP contribution < -0.4 is 14.9 Å². The number of para-hydroxylation sites is 1. The van der Waals surface area contributed by atoms with Crippen molar-refractivity contribution < 1.29 is 13.9 Å². The lowest BCUT2D eigenvalue weighted by Gasteiger charge is -2.08. The monoisotopic (exact) mass is 397 g/mol. The van der Waals surface area contributed by atoms with E-state index < -0.39 is 0 Å². The van der Waals surface area contributed by atoms with E-state index in [-0.39, 0.29) is 17.8 Å². The maximum absolute atomic E-state index is 12.3. The Balaban J connectivity index is 1.27. The van der Waals surface area contributed by atoms with Crippen LogP contribution in [-0.4, -0.2) is 4.98 Å². The molecule has 2 heterocycles. The van der Waals surface area contributed by atoms with Gasteiger partial charge in [-0.05, 0) is 23.8 Å². The van der Waals surface area contributed by atoms with Crippen LogP contribution in [0.2, 0.25) is 0 Å². The topological polar surface area (TPSA) is 64.5 Å². The van der Waals surface area contributed by atoms with Gasteiger partial charge in [0.25, 0.3) is 0 Å². The van der Waals surface area contributed by atoms with E-state index in [9.17, 15) is 4.79 Å². The molecule has 0 amide bonds. The number of nitrogens with one attached hydrogen (secondary N) is 1. The molecule has 5 heteroatoms. The molecule has 0 radical (unpaired) electrons. The summed E-state index contributed by atoms with van der Waals surface area (Å²) in [7, 11) is 0. The second kappa shape index (κ2) is 7.79. The second-order valence-electron chi connectivity index (χ2n) is 7.02. The maximum Gasteiger partial charge on any atom is 0.227 e. The molecular formula is C25H19NO4. The molecule has 2 aromatic heterocycles. The fraction of sp³-hybridized carbons (Fsp3) is 0.0800. The van der Waals surface area contributed by atoms with E-state index in [0.717, 1.165) is 22.0 Å². The quantitative estimate of drug-likeness (QED) is 0.415. The number of hydrogen-bond acceptors (Lipinski definition) is 4. The van der Waals surface area contributed by atoms with Gasteiger partial charge in [0, 0.05) is 28.4 Å². The van der Waals surface area contributed by atoms with Crippen LogP contribution in [0.5, 0.6) is 11.5 Å². The summed E-state index contributed by atoms with van der Waals surface area (Å²) in [5, 5.41) is 2.32. The largest absolute Gasteiger partial charge is 0.486 e. The normalized spacial score (nSPS) is 11.1. The molecule has 30 heavy (non-hydrogen) atoms. The molecule has 0 aliphatic heterocycles. The van der Waals surface area contributed by atoms with Crippen LogP contribution in [-0.2, 0) is 13.2 Å². The number of rotatable bonds is 6. The zero-order chi connectivity index (χ0) is 20.3. The Hall–Kier alpha value is -3.99. The van der Waals surface area contributed by atoms with Crippen LogP contribution in [0, 0.1) is 0 Å². The average Bonchev–Trinajstić information content (AvgIpc) is 3.15. The fourth-order valence-electron chi connectivity index (χ4n) is 3.43. The number of ether oxygens (including phenoxy) is 2. The molecule has 0 atom stereocenters. The molecule has 148 valence electrons. The van der Waals surface area contributed by atoms with Gasteiger partial charge in [0.2, 0.25) is 11.2 Å². The van der Waals surface area contributed by atoms with Crippen LogP contribution in [0.15, 0.2) is 94.3 Å². The summed E-state index contributed by atoms with van der Waals surface area (Å²) in [5.41, 5.74) is 2.83. The molecule has 3 aromatic carbocycles. The van der Waals surface area contributed by atoms with Crippen molar-refractivity contribution >= 4 is 21.8 Å². The van der Waals surface area contributed by atoms with Crippen molar-refractivity contribution in [2.24, 2.45) is 0 Å². The first-order valence-electron chi connectivity index (χ1n) is 9.68. The van der Waals surface area contributed by atoms with Crippen molar-refractivity contribution in [2.75, 3.05) is 0 Å². The van der Waals surface area contributed by atoms with E-state index in [4.69, 9.17) is 13.9 Å². The molecule has 5 nitrogen and oxygen atoms in total. The van der Waals surface area contributed by atoms with Crippen LogP contribution in [0.3, 0.4) is 0 Å². The third-order valence-electron chi connectivity index (χ3n) is 4.95. The number of fused-ring (bicyclic) bond motifs is 3. The van der Waals surface area contributed by atoms with E-state index >= 15 is 0 Å². The summed E-state index contributed by atoms with van der Waals surface area (Å²) in [6, 6.07) is 25.1. The highest BCUT2D eigenvalue weighted by Gasteiger charge is 2.08. The lowest BCUT2D eigenvalue weighted by Crippen LogP contribution is -2.09. The van der Waals surface area contributed by atoms with Crippen molar-refractivity contribution in [3.63, 3.8) is 0 Å². The lowest BCUT2D eigenvalue weighted by atomic mass is 10.1. The summed E-state index contributed by atoms with van der Waals surface area (Å²) in [5.74, 6) is 1.31. The molecule has 5 aromatic rings. The standard InChI is InChI=1S/C25H19NO4/c27-24-13-19(29-16-25(24)30-14-17-6-2-1-3-7-17)15-28-18-10-11-21-20-8-4-5-9-22(20)26-23(21)12-18/h1-13,16,26H,14-15H2. The summed E-state index contributed by atoms with van der Waals surface area (Å²) in [6.45, 7) is 0.464. The highest BCUT2D eigenvalue weighted by molar-refractivity contribution is 6.07. The minimum absolute atomic E-state index is 0.153. The van der Waals surface area contributed by atoms with Crippen LogP contribution in [0.25, 0.3) is 21.8 Å². The Morgan fingerprint density at radius 1 is 0.767 bits per heavy atom. The first-order chi connectivity index (χ1) is 14.8. The molecule has 5 rings (SSSR count). The molecule has 1 N–H and O–H groups in total. The van der Waals surface area contributed by atoms with Gasteiger partial charge in [0.1, 0.15) is 31.0 Å². The zero-order valence-corrected chi connectivity index (χ0v) is 16.1. The summed E-state index contributed by atoms with van der Waals surface area (Å²) < 4.78 is 16.9. The van der Waals surface area contributed by atoms with Crippen molar-refractivity contribution in [3.05, 3.63) is 107 Å². The SMILES string of the molecule is O=c1cc(COc2ccc3c(c2)[nH]c2ccccc23)occ1OCc1ccccc1. The van der Waals surface area contributed by atoms with E-state index in [0.29, 0.717) is 18.1 Å². The van der Waals surface area contributed by atoms with Crippen molar-refractivity contribution in [3.8, 4) is 11.5 Å². The van der Waals surface area contributed by atoms with Gasteiger partial charge >= 0.3 is 0 Å². The zero-order valence-electron chi connectivity index (χ0n) is 16.1. The Labute approximate surface area is 172 Å². The third-order valence-corrected chi connectivity index (χ3v) is 4.95. The maximum atomic E-state index is 12.3. The van der Waals surface area contributed by atoms with Gasteiger partial charge < -0.3 is 18.9 Å². The van der Waals surface area contributed by atoms with Crippen LogP contribution in [0.4, 0.5) is 0 Å². The fourth-order valence-corrected chi connectivity index (χ4v) is 3.43. The van der Waals surface area contributed by atoms with Crippen LogP contribution >= 0.6 is 0 Å². The Morgan fingerprint density at radius 3 is 2.43 bits per heavy atom. The summed E-state index contributed by atoms with van der Waals surface area (Å²) in [6.07, 6.45) is 1.34. The molecule has 0 unspecified atom stereocenters. The highest BCUT2D eigenvalue weighted by atomic mass is 16.5. The summed E-state index contributed by atoms with van der Waals surface area (Å²) >= 11 is 0. The van der Waals surface area contributed by atoms with Crippen molar-refractivity contribution in [2.45, 2.75) is 13.2 Å². The molecule has 0 bridgehead atoms. The highest BCUT2D eigenvalue weighted by Crippen LogP contribution is 2.28. The van der Waals surface area contributed by atoms with Gasteiger partial charge in [-0.1, -0.05) is 48.5 Å². The molecule has 0 saturated carbocycles. The third kappa shape index (κ3) is 3.65. The van der Waals surface area contributed by atoms with Crippen molar-refractivity contribution in [1.82, 2.24) is 4.98 Å². The number of H-pyrrole nitrogens is 1. The number of aromatic amines is 1. The number of aromatic nitrogens is 1. The first kappa shape index (κ1) is 18.1. The molecular weight excluding hydrogens is 378 g/mol. The predicted molar refractivity (Wildman–Crippen MR) is 116 cm³/mol. The smallest absolute Gasteiger partial charge is 0.227 e. The predicted octanol–water partition coefficient (Wildman–Crippen LogP) is 5.43. The minimum Gasteiger partial charge on any atom is -0.486 e. The Kier molecular flexibility index (Phi) is 4.69. The van der Waals surface area contributed by atoms with Gasteiger partial charge in [-0.15, -0.1) is 0 Å². The average molecular weight is 397 g/mol. The van der Waals surface area contributed by atoms with E-state index in [1.165, 1.54) is 17.7 Å². The lowest BCUT2D eigenvalue weighted by molar-refractivity contribution is 0.254. The van der Waals surface area contributed by atoms with Gasteiger partial charge in [0.15, 0.2) is 0 Å². The molecule has 0 spiro atoms. The Bertz CT molecular complexity index is 1370. The number of benzene rings is 3. The van der Waals surface area contributed by atoms with E-state index in [2.05, 4.69) is 11.1 Å². The molecule has 0 aliphatic rings. The van der Waals surface area contributed by atoms with E-state index in [1.54, 1.807) is 0 Å². The van der Waals surface area contributed by atoms with Crippen LogP contribution in [0.1, 0.15) is 11.3 Å². The van der Waals surface area contributed by atoms with E-state index in [1.807, 2.05) is 66.7 Å². The van der Waals surface area contributed by atoms with Gasteiger partial charge in [-0.3, -0.25) is 4.79 Å². The van der Waals surface area contributed by atoms with Gasteiger partial charge in [-0.2, -0.15) is 0 Å². The minimum atomic E-state index is -0.234. The molecule has 0 aliphatic carbocycles. The molecule has 0 fully saturated rings. The van der Waals surface area contributed by atoms with Gasteiger partial charge in [-0.25, -0.2) is 0 Å². The molecule has 0 saturated heterocycles. The Morgan fingerprint density at radius 2 is 1.57 bits per heavy atom. The second-order valence-corrected chi connectivity index (χ2v) is 7.02.